The van der Waals surface area contributed by atoms with Gasteiger partial charge in [-0.05, 0) is 80.1 Å². The summed E-state index contributed by atoms with van der Waals surface area (Å²) in [4.78, 5) is 63.5. The molecule has 0 unspecified atom stereocenters. The van der Waals surface area contributed by atoms with Crippen LogP contribution in [0.15, 0.2) is 74.9 Å². The van der Waals surface area contributed by atoms with Gasteiger partial charge in [-0.1, -0.05) is 12.8 Å². The van der Waals surface area contributed by atoms with E-state index in [2.05, 4.69) is 27.3 Å². The number of aliphatic carboxylic acids is 4. The molecule has 17 heteroatoms. The smallest absolute Gasteiger partial charge is 0.133 e. The van der Waals surface area contributed by atoms with Crippen LogP contribution in [0.4, 0.5) is 0 Å². The minimum absolute atomic E-state index is 0.127. The standard InChI is InChI=1S/C37H42N6O10S/c44-34(45)21-42(22-35(46)47)19-30-15-26(32-7-5-11-52-32)13-28(39-30)17-41(10-4-2-1-3-9-38-25-54)18-29-14-27(33-8-6-12-53-33)16-31(40-29)20-43(23-36(48)49)24-37(50)51/h5-8,11-16H,1-4,9-10,17-24H2,(H,44,45)(H,46,47)(H,48,49)(H,50,51)/p-4. The van der Waals surface area contributed by atoms with Gasteiger partial charge in [-0.25, -0.2) is 4.99 Å². The second-order valence-corrected chi connectivity index (χ2v) is 12.7. The third-order valence-corrected chi connectivity index (χ3v) is 8.12. The number of pyridine rings is 2. The summed E-state index contributed by atoms with van der Waals surface area (Å²) in [6, 6.07) is 14.0. The molecular formula is C37H38N6O10S-4. The number of unbranched alkanes of at least 4 members (excludes halogenated alkanes) is 3. The van der Waals surface area contributed by atoms with Crippen molar-refractivity contribution in [3.63, 3.8) is 0 Å². The summed E-state index contributed by atoms with van der Waals surface area (Å²) >= 11 is 4.65. The first-order chi connectivity index (χ1) is 26.0. The van der Waals surface area contributed by atoms with Crippen LogP contribution in [-0.2, 0) is 45.4 Å². The number of carbonyl (C=O) groups is 4. The lowest BCUT2D eigenvalue weighted by Gasteiger charge is -2.25. The van der Waals surface area contributed by atoms with Gasteiger partial charge in [0.05, 0.1) is 64.3 Å². The number of aliphatic imine (C=N–C) groups is 1. The summed E-state index contributed by atoms with van der Waals surface area (Å²) in [5.74, 6) is -4.77. The lowest BCUT2D eigenvalue weighted by molar-refractivity contribution is -0.313. The fraction of sp³-hybridized carbons (Fsp3) is 0.378. The van der Waals surface area contributed by atoms with Crippen LogP contribution in [0.1, 0.15) is 48.5 Å². The van der Waals surface area contributed by atoms with E-state index >= 15 is 0 Å². The lowest BCUT2D eigenvalue weighted by Crippen LogP contribution is -2.43. The van der Waals surface area contributed by atoms with Crippen LogP contribution in [0.5, 0.6) is 0 Å². The SMILES string of the molecule is O=C([O-])CN(CC(=O)[O-])Cc1cc(-c2ccco2)cc(CN(CCCCCCN=C=S)Cc2cc(-c3ccco3)cc(CN(CC(=O)[O-])CC(=O)[O-])n2)n1. The number of thiocarbonyl (C=S) groups is 1. The summed E-state index contributed by atoms with van der Waals surface area (Å²) in [6.45, 7) is -1.13. The van der Waals surface area contributed by atoms with Crippen LogP contribution >= 0.6 is 12.2 Å². The largest absolute Gasteiger partial charge is 0.549 e. The number of hydrogen-bond donors (Lipinski definition) is 0. The Morgan fingerprint density at radius 3 is 1.35 bits per heavy atom. The molecule has 0 aliphatic rings. The third-order valence-electron chi connectivity index (χ3n) is 7.99. The Labute approximate surface area is 316 Å². The summed E-state index contributed by atoms with van der Waals surface area (Å²) in [6.07, 6.45) is 6.43. The lowest BCUT2D eigenvalue weighted by atomic mass is 10.1. The molecule has 0 N–H and O–H groups in total. The highest BCUT2D eigenvalue weighted by atomic mass is 32.1. The van der Waals surface area contributed by atoms with Crippen LogP contribution in [-0.4, -0.2) is 93.0 Å². The molecule has 0 saturated carbocycles. The van der Waals surface area contributed by atoms with Crippen molar-refractivity contribution in [1.82, 2.24) is 24.7 Å². The van der Waals surface area contributed by atoms with Crippen molar-refractivity contribution < 1.29 is 48.4 Å². The molecule has 0 amide bonds. The molecule has 4 aromatic rings. The van der Waals surface area contributed by atoms with E-state index < -0.39 is 50.1 Å². The van der Waals surface area contributed by atoms with Crippen molar-refractivity contribution in [1.29, 1.82) is 0 Å². The predicted molar refractivity (Wildman–Crippen MR) is 187 cm³/mol. The van der Waals surface area contributed by atoms with Crippen LogP contribution in [0.3, 0.4) is 0 Å². The molecule has 0 fully saturated rings. The number of carboxylic acids is 4. The molecule has 4 rings (SSSR count). The zero-order valence-electron chi connectivity index (χ0n) is 29.3. The van der Waals surface area contributed by atoms with Gasteiger partial charge in [-0.3, -0.25) is 24.7 Å². The molecule has 16 nitrogen and oxygen atoms in total. The van der Waals surface area contributed by atoms with Gasteiger partial charge in [0, 0.05) is 70.0 Å². The Morgan fingerprint density at radius 1 is 0.611 bits per heavy atom. The van der Waals surface area contributed by atoms with Crippen molar-refractivity contribution in [3.8, 4) is 22.6 Å². The van der Waals surface area contributed by atoms with Gasteiger partial charge in [-0.2, -0.15) is 0 Å². The Kier molecular flexibility index (Phi) is 16.2. The minimum atomic E-state index is -1.45. The van der Waals surface area contributed by atoms with Gasteiger partial charge in [0.25, 0.3) is 0 Å². The van der Waals surface area contributed by atoms with E-state index in [9.17, 15) is 39.6 Å². The van der Waals surface area contributed by atoms with E-state index in [1.54, 1.807) is 36.4 Å². The maximum absolute atomic E-state index is 11.4. The first kappa shape index (κ1) is 41.2. The van der Waals surface area contributed by atoms with Crippen molar-refractivity contribution in [2.45, 2.75) is 51.9 Å². The summed E-state index contributed by atoms with van der Waals surface area (Å²) in [5.41, 5.74) is 3.22. The van der Waals surface area contributed by atoms with Crippen molar-refractivity contribution >= 4 is 41.3 Å². The molecule has 0 spiro atoms. The number of carboxylic acid groups (broad SMARTS) is 4. The Morgan fingerprint density at radius 2 is 1.00 bits per heavy atom. The third kappa shape index (κ3) is 14.4. The second kappa shape index (κ2) is 21.2. The number of hydrogen-bond acceptors (Lipinski definition) is 17. The zero-order chi connectivity index (χ0) is 38.9. The Bertz CT molecular complexity index is 1740. The molecule has 286 valence electrons. The highest BCUT2D eigenvalue weighted by Crippen LogP contribution is 2.26. The minimum Gasteiger partial charge on any atom is -0.549 e. The van der Waals surface area contributed by atoms with Crippen LogP contribution in [0.2, 0.25) is 0 Å². The Balaban J connectivity index is 1.69. The molecule has 0 aliphatic heterocycles. The topological polar surface area (TPSA) is 235 Å². The predicted octanol–water partition coefficient (Wildman–Crippen LogP) is -0.734. The van der Waals surface area contributed by atoms with E-state index in [1.807, 2.05) is 12.1 Å². The van der Waals surface area contributed by atoms with Crippen molar-refractivity contribution in [2.75, 3.05) is 39.3 Å². The van der Waals surface area contributed by atoms with E-state index in [1.165, 1.54) is 12.5 Å². The fourth-order valence-electron chi connectivity index (χ4n) is 5.92. The molecule has 4 aromatic heterocycles. The second-order valence-electron chi connectivity index (χ2n) is 12.5. The van der Waals surface area contributed by atoms with Crippen LogP contribution in [0, 0.1) is 0 Å². The summed E-state index contributed by atoms with van der Waals surface area (Å²) in [5, 5.41) is 48.0. The normalized spacial score (nSPS) is 11.2. The number of furan rings is 2. The molecule has 0 aromatic carbocycles. The molecule has 0 atom stereocenters. The van der Waals surface area contributed by atoms with E-state index in [0.29, 0.717) is 58.5 Å². The number of nitrogens with zero attached hydrogens (tertiary/aromatic N) is 6. The molecule has 0 aliphatic carbocycles. The summed E-state index contributed by atoms with van der Waals surface area (Å²) < 4.78 is 11.3. The average molecular weight is 759 g/mol. The molecule has 54 heavy (non-hydrogen) atoms. The molecule has 4 heterocycles. The van der Waals surface area contributed by atoms with E-state index in [4.69, 9.17) is 18.8 Å². The molecular weight excluding hydrogens is 721 g/mol. The number of aromatic nitrogens is 2. The maximum atomic E-state index is 11.4. The van der Waals surface area contributed by atoms with Gasteiger partial charge >= 0.3 is 0 Å². The fourth-order valence-corrected chi connectivity index (χ4v) is 6.01. The maximum Gasteiger partial charge on any atom is 0.133 e. The van der Waals surface area contributed by atoms with Crippen LogP contribution in [0.25, 0.3) is 22.6 Å². The van der Waals surface area contributed by atoms with Gasteiger partial charge in [0.1, 0.15) is 11.5 Å². The van der Waals surface area contributed by atoms with Gasteiger partial charge in [0.2, 0.25) is 0 Å². The van der Waals surface area contributed by atoms with Gasteiger partial charge in [0.15, 0.2) is 0 Å². The highest BCUT2D eigenvalue weighted by molar-refractivity contribution is 7.78. The monoisotopic (exact) mass is 758 g/mol. The quantitative estimate of drug-likeness (QED) is 0.0460. The molecule has 0 radical (unpaired) electrons. The molecule has 0 bridgehead atoms. The van der Waals surface area contributed by atoms with Gasteiger partial charge in [-0.15, -0.1) is 0 Å². The summed E-state index contributed by atoms with van der Waals surface area (Å²) in [7, 11) is 0. The van der Waals surface area contributed by atoms with Crippen LogP contribution < -0.4 is 20.4 Å². The first-order valence-corrected chi connectivity index (χ1v) is 17.5. The first-order valence-electron chi connectivity index (χ1n) is 17.0. The van der Waals surface area contributed by atoms with Gasteiger partial charge < -0.3 is 48.4 Å². The Hall–Kier alpha value is -5.58. The number of isothiocyanates is 1. The zero-order valence-corrected chi connectivity index (χ0v) is 30.2. The molecule has 0 saturated heterocycles. The number of carbonyl (C=O) groups excluding carboxylic acids is 4. The van der Waals surface area contributed by atoms with Crippen molar-refractivity contribution in [2.24, 2.45) is 4.99 Å². The van der Waals surface area contributed by atoms with E-state index in [-0.39, 0.29) is 26.2 Å². The number of rotatable bonds is 25. The van der Waals surface area contributed by atoms with E-state index in [0.717, 1.165) is 35.5 Å². The highest BCUT2D eigenvalue weighted by Gasteiger charge is 2.18. The average Bonchev–Trinajstić information content (AvgIpc) is 3.82. The van der Waals surface area contributed by atoms with Crippen molar-refractivity contribution in [3.05, 3.63) is 83.8 Å².